The molecular weight excluding hydrogens is 224 g/mol. The van der Waals surface area contributed by atoms with Gasteiger partial charge >= 0.3 is 0 Å². The molecule has 0 fully saturated rings. The molecule has 80 valence electrons. The van der Waals surface area contributed by atoms with E-state index in [1.54, 1.807) is 0 Å². The summed E-state index contributed by atoms with van der Waals surface area (Å²) in [5.74, 6) is -1.44. The van der Waals surface area contributed by atoms with Gasteiger partial charge in [0.15, 0.2) is 5.78 Å². The number of benzene rings is 1. The van der Waals surface area contributed by atoms with Crippen LogP contribution >= 0.6 is 11.6 Å². The fourth-order valence-electron chi connectivity index (χ4n) is 1.04. The van der Waals surface area contributed by atoms with E-state index in [4.69, 9.17) is 22.4 Å². The Morgan fingerprint density at radius 2 is 2.20 bits per heavy atom. The first kappa shape index (κ1) is 11.3. The van der Waals surface area contributed by atoms with Gasteiger partial charge in [-0.1, -0.05) is 0 Å². The Morgan fingerprint density at radius 1 is 1.60 bits per heavy atom. The van der Waals surface area contributed by atoms with Crippen LogP contribution in [0.25, 0.3) is 0 Å². The minimum absolute atomic E-state index is 0.103. The minimum Gasteiger partial charge on any atom is -0.506 e. The van der Waals surface area contributed by atoms with Gasteiger partial charge in [0, 0.05) is 0 Å². The van der Waals surface area contributed by atoms with Crippen LogP contribution < -0.4 is 5.73 Å². The summed E-state index contributed by atoms with van der Waals surface area (Å²) in [6, 6.07) is 1.87. The molecule has 7 heteroatoms. The van der Waals surface area contributed by atoms with Crippen molar-refractivity contribution in [2.45, 2.75) is 0 Å². The summed E-state index contributed by atoms with van der Waals surface area (Å²) < 4.78 is 0. The number of alkyl halides is 1. The first-order valence-electron chi connectivity index (χ1n) is 3.83. The average molecular weight is 231 g/mol. The minimum atomic E-state index is -0.779. The number of phenolic OH excluding ortho intramolecular Hbond substituents is 1. The standard InChI is InChI=1S/C8H7ClN2O4/c9-3-8(13)4-1-5(10)7(12)2-6(4)11(14)15/h1-2,12H,3,10H2. The van der Waals surface area contributed by atoms with Crippen LogP contribution in [0.2, 0.25) is 0 Å². The number of anilines is 1. The van der Waals surface area contributed by atoms with Crippen LogP contribution in [-0.2, 0) is 0 Å². The topological polar surface area (TPSA) is 106 Å². The SMILES string of the molecule is Nc1cc(C(=O)CCl)c([N+](=O)[O-])cc1O. The molecule has 3 N–H and O–H groups in total. The van der Waals surface area contributed by atoms with Gasteiger partial charge in [0.1, 0.15) is 5.75 Å². The van der Waals surface area contributed by atoms with Gasteiger partial charge in [-0.3, -0.25) is 14.9 Å². The second kappa shape index (κ2) is 4.14. The fourth-order valence-corrected chi connectivity index (χ4v) is 1.18. The number of nitrogens with zero attached hydrogens (tertiary/aromatic N) is 1. The lowest BCUT2D eigenvalue weighted by Crippen LogP contribution is -2.06. The highest BCUT2D eigenvalue weighted by atomic mass is 35.5. The Hall–Kier alpha value is -1.82. The zero-order valence-electron chi connectivity index (χ0n) is 7.44. The lowest BCUT2D eigenvalue weighted by atomic mass is 10.1. The van der Waals surface area contributed by atoms with Crippen molar-refractivity contribution in [3.63, 3.8) is 0 Å². The number of Topliss-reactive ketones (excluding diaryl/α,β-unsaturated/α-hetero) is 1. The Morgan fingerprint density at radius 3 is 2.67 bits per heavy atom. The summed E-state index contributed by atoms with van der Waals surface area (Å²) >= 11 is 5.28. The molecule has 1 aromatic carbocycles. The number of nitro benzene ring substituents is 1. The van der Waals surface area contributed by atoms with Crippen molar-refractivity contribution in [2.75, 3.05) is 11.6 Å². The lowest BCUT2D eigenvalue weighted by molar-refractivity contribution is -0.385. The van der Waals surface area contributed by atoms with Gasteiger partial charge < -0.3 is 10.8 Å². The van der Waals surface area contributed by atoms with E-state index in [1.165, 1.54) is 0 Å². The normalized spacial score (nSPS) is 9.93. The number of hydrogen-bond donors (Lipinski definition) is 2. The lowest BCUT2D eigenvalue weighted by Gasteiger charge is -2.03. The smallest absolute Gasteiger partial charge is 0.284 e. The number of halogens is 1. The molecule has 0 saturated carbocycles. The summed E-state index contributed by atoms with van der Waals surface area (Å²) in [5.41, 5.74) is 4.50. The zero-order chi connectivity index (χ0) is 11.6. The second-order valence-electron chi connectivity index (χ2n) is 2.74. The Bertz CT molecular complexity index is 433. The summed E-state index contributed by atoms with van der Waals surface area (Å²) in [6.07, 6.45) is 0. The molecular formula is C8H7ClN2O4. The van der Waals surface area contributed by atoms with Crippen LogP contribution in [-0.4, -0.2) is 21.7 Å². The molecule has 6 nitrogen and oxygen atoms in total. The number of hydrogen-bond acceptors (Lipinski definition) is 5. The van der Waals surface area contributed by atoms with Gasteiger partial charge in [0.25, 0.3) is 5.69 Å². The van der Waals surface area contributed by atoms with Crippen molar-refractivity contribution in [3.05, 3.63) is 27.8 Å². The van der Waals surface area contributed by atoms with Gasteiger partial charge in [-0.15, -0.1) is 11.6 Å². The maximum absolute atomic E-state index is 11.2. The summed E-state index contributed by atoms with van der Waals surface area (Å²) in [7, 11) is 0. The molecule has 0 saturated heterocycles. The van der Waals surface area contributed by atoms with E-state index >= 15 is 0 Å². The summed E-state index contributed by atoms with van der Waals surface area (Å²) in [5, 5.41) is 19.7. The third kappa shape index (κ3) is 2.16. The van der Waals surface area contributed by atoms with Crippen molar-refractivity contribution >= 4 is 28.8 Å². The molecule has 0 heterocycles. The number of carbonyl (C=O) groups is 1. The number of carbonyl (C=O) groups excluding carboxylic acids is 1. The zero-order valence-corrected chi connectivity index (χ0v) is 8.19. The predicted molar refractivity (Wildman–Crippen MR) is 54.2 cm³/mol. The Kier molecular flexibility index (Phi) is 3.11. The molecule has 1 aromatic rings. The third-order valence-corrected chi connectivity index (χ3v) is 2.01. The highest BCUT2D eigenvalue weighted by molar-refractivity contribution is 6.31. The number of nitro groups is 1. The number of aromatic hydroxyl groups is 1. The molecule has 0 radical (unpaired) electrons. The van der Waals surface area contributed by atoms with Crippen molar-refractivity contribution in [1.29, 1.82) is 0 Å². The molecule has 0 amide bonds. The number of nitrogen functional groups attached to an aromatic ring is 1. The molecule has 0 aliphatic heterocycles. The molecule has 0 atom stereocenters. The van der Waals surface area contributed by atoms with Crippen LogP contribution in [0.1, 0.15) is 10.4 Å². The second-order valence-corrected chi connectivity index (χ2v) is 3.01. The quantitative estimate of drug-likeness (QED) is 0.203. The maximum atomic E-state index is 11.2. The number of nitrogens with two attached hydrogens (primary N) is 1. The van der Waals surface area contributed by atoms with Crippen LogP contribution in [0.4, 0.5) is 11.4 Å². The van der Waals surface area contributed by atoms with E-state index in [0.717, 1.165) is 12.1 Å². The van der Waals surface area contributed by atoms with Gasteiger partial charge in [-0.05, 0) is 6.07 Å². The molecule has 0 aliphatic carbocycles. The predicted octanol–water partition coefficient (Wildman–Crippen LogP) is 1.30. The summed E-state index contributed by atoms with van der Waals surface area (Å²) in [6.45, 7) is 0. The first-order chi connectivity index (χ1) is 6.97. The van der Waals surface area contributed by atoms with Crippen LogP contribution in [0, 0.1) is 10.1 Å². The van der Waals surface area contributed by atoms with Crippen molar-refractivity contribution < 1.29 is 14.8 Å². The van der Waals surface area contributed by atoms with E-state index in [-0.39, 0.29) is 17.1 Å². The molecule has 15 heavy (non-hydrogen) atoms. The Labute approximate surface area is 89.4 Å². The van der Waals surface area contributed by atoms with Gasteiger partial charge in [0.2, 0.25) is 0 Å². The van der Waals surface area contributed by atoms with E-state index in [1.807, 2.05) is 0 Å². The highest BCUT2D eigenvalue weighted by Crippen LogP contribution is 2.30. The highest BCUT2D eigenvalue weighted by Gasteiger charge is 2.21. The van der Waals surface area contributed by atoms with Crippen molar-refractivity contribution in [3.8, 4) is 5.75 Å². The monoisotopic (exact) mass is 230 g/mol. The molecule has 0 bridgehead atoms. The first-order valence-corrected chi connectivity index (χ1v) is 4.37. The van der Waals surface area contributed by atoms with Gasteiger partial charge in [-0.2, -0.15) is 0 Å². The molecule has 0 aliphatic rings. The van der Waals surface area contributed by atoms with Gasteiger partial charge in [-0.25, -0.2) is 0 Å². The van der Waals surface area contributed by atoms with E-state index in [9.17, 15) is 14.9 Å². The maximum Gasteiger partial charge on any atom is 0.284 e. The number of ketones is 1. The van der Waals surface area contributed by atoms with Crippen LogP contribution in [0.5, 0.6) is 5.75 Å². The molecule has 0 unspecified atom stereocenters. The van der Waals surface area contributed by atoms with E-state index < -0.39 is 22.1 Å². The van der Waals surface area contributed by atoms with Gasteiger partial charge in [0.05, 0.1) is 28.1 Å². The largest absolute Gasteiger partial charge is 0.506 e. The Balaban J connectivity index is 3.41. The average Bonchev–Trinajstić information content (AvgIpc) is 2.20. The summed E-state index contributed by atoms with van der Waals surface area (Å²) in [4.78, 5) is 21.0. The fraction of sp³-hybridized carbons (Fsp3) is 0.125. The molecule has 0 aromatic heterocycles. The van der Waals surface area contributed by atoms with Crippen molar-refractivity contribution in [1.82, 2.24) is 0 Å². The van der Waals surface area contributed by atoms with Crippen molar-refractivity contribution in [2.24, 2.45) is 0 Å². The number of rotatable bonds is 3. The number of phenols is 1. The third-order valence-electron chi connectivity index (χ3n) is 1.76. The molecule has 0 spiro atoms. The van der Waals surface area contributed by atoms with Crippen LogP contribution in [0.15, 0.2) is 12.1 Å². The van der Waals surface area contributed by atoms with E-state index in [2.05, 4.69) is 0 Å². The molecule has 1 rings (SSSR count). The van der Waals surface area contributed by atoms with E-state index in [0.29, 0.717) is 0 Å². The van der Waals surface area contributed by atoms with Crippen LogP contribution in [0.3, 0.4) is 0 Å².